The average Bonchev–Trinajstić information content (AvgIpc) is 2.02. The van der Waals surface area contributed by atoms with Crippen molar-refractivity contribution in [3.63, 3.8) is 0 Å². The van der Waals surface area contributed by atoms with Crippen LogP contribution in [0.15, 0.2) is 18.2 Å². The first-order valence-corrected chi connectivity index (χ1v) is 3.60. The predicted octanol–water partition coefficient (Wildman–Crippen LogP) is 1.39. The normalized spacial score (nSPS) is 9.62. The molecule has 0 radical (unpaired) electrons. The van der Waals surface area contributed by atoms with E-state index in [2.05, 4.69) is 0 Å². The SMILES string of the molecule is Cc1cccc(C(=O)O)c1C(=O)O. The summed E-state index contributed by atoms with van der Waals surface area (Å²) in [6.45, 7) is 1.57. The summed E-state index contributed by atoms with van der Waals surface area (Å²) in [5.41, 5.74) is 0.134. The lowest BCUT2D eigenvalue weighted by Crippen LogP contribution is -2.09. The van der Waals surface area contributed by atoms with Crippen molar-refractivity contribution in [3.8, 4) is 0 Å². The molecule has 0 unspecified atom stereocenters. The molecule has 0 aromatic heterocycles. The van der Waals surface area contributed by atoms with Crippen molar-refractivity contribution in [1.82, 2.24) is 0 Å². The van der Waals surface area contributed by atoms with E-state index in [0.29, 0.717) is 5.56 Å². The van der Waals surface area contributed by atoms with E-state index in [4.69, 9.17) is 10.2 Å². The van der Waals surface area contributed by atoms with Crippen molar-refractivity contribution in [1.29, 1.82) is 0 Å². The highest BCUT2D eigenvalue weighted by molar-refractivity contribution is 6.02. The third kappa shape index (κ3) is 1.66. The number of hydrogen-bond donors (Lipinski definition) is 2. The van der Waals surface area contributed by atoms with Gasteiger partial charge >= 0.3 is 11.9 Å². The van der Waals surface area contributed by atoms with E-state index >= 15 is 0 Å². The Hall–Kier alpha value is -1.84. The lowest BCUT2D eigenvalue weighted by atomic mass is 10.0. The van der Waals surface area contributed by atoms with Crippen LogP contribution in [0, 0.1) is 6.92 Å². The first-order chi connectivity index (χ1) is 6.04. The second kappa shape index (κ2) is 3.26. The van der Waals surface area contributed by atoms with Crippen LogP contribution >= 0.6 is 0 Å². The molecule has 2 N–H and O–H groups in total. The zero-order valence-corrected chi connectivity index (χ0v) is 6.94. The maximum Gasteiger partial charge on any atom is 0.336 e. The standard InChI is InChI=1S/C9H8O4/c1-5-3-2-4-6(8(10)11)7(5)9(12)13/h2-4H,1H3,(H,10,11)(H,12,13). The monoisotopic (exact) mass is 180 g/mol. The Bertz CT molecular complexity index is 368. The Morgan fingerprint density at radius 1 is 1.15 bits per heavy atom. The van der Waals surface area contributed by atoms with E-state index in [1.807, 2.05) is 0 Å². The van der Waals surface area contributed by atoms with Crippen molar-refractivity contribution < 1.29 is 19.8 Å². The summed E-state index contributed by atoms with van der Waals surface area (Å²) in [4.78, 5) is 21.3. The summed E-state index contributed by atoms with van der Waals surface area (Å²) in [6.07, 6.45) is 0. The minimum absolute atomic E-state index is 0.144. The molecule has 0 atom stereocenters. The number of carbonyl (C=O) groups is 2. The largest absolute Gasteiger partial charge is 0.478 e. The Morgan fingerprint density at radius 3 is 2.15 bits per heavy atom. The predicted molar refractivity (Wildman–Crippen MR) is 45.1 cm³/mol. The first-order valence-electron chi connectivity index (χ1n) is 3.60. The molecule has 4 nitrogen and oxygen atoms in total. The zero-order chi connectivity index (χ0) is 10.0. The van der Waals surface area contributed by atoms with Crippen molar-refractivity contribution in [2.24, 2.45) is 0 Å². The molecule has 0 saturated carbocycles. The van der Waals surface area contributed by atoms with Crippen LogP contribution in [0.4, 0.5) is 0 Å². The molecule has 1 aromatic carbocycles. The van der Waals surface area contributed by atoms with Gasteiger partial charge in [0.2, 0.25) is 0 Å². The van der Waals surface area contributed by atoms with E-state index in [1.54, 1.807) is 13.0 Å². The molecule has 0 aliphatic heterocycles. The van der Waals surface area contributed by atoms with Crippen LogP contribution in [0.25, 0.3) is 0 Å². The highest BCUT2D eigenvalue weighted by Gasteiger charge is 2.17. The molecule has 0 spiro atoms. The Morgan fingerprint density at radius 2 is 1.77 bits per heavy atom. The van der Waals surface area contributed by atoms with E-state index in [0.717, 1.165) is 0 Å². The molecule has 0 amide bonds. The smallest absolute Gasteiger partial charge is 0.336 e. The summed E-state index contributed by atoms with van der Waals surface area (Å²) in [5, 5.41) is 17.4. The van der Waals surface area contributed by atoms with Gasteiger partial charge in [0.05, 0.1) is 11.1 Å². The van der Waals surface area contributed by atoms with Gasteiger partial charge in [-0.25, -0.2) is 9.59 Å². The fraction of sp³-hybridized carbons (Fsp3) is 0.111. The average molecular weight is 180 g/mol. The van der Waals surface area contributed by atoms with Crippen molar-refractivity contribution in [3.05, 3.63) is 34.9 Å². The molecular formula is C9H8O4. The maximum atomic E-state index is 10.7. The molecule has 0 fully saturated rings. The van der Waals surface area contributed by atoms with Gasteiger partial charge in [-0.15, -0.1) is 0 Å². The molecule has 0 heterocycles. The number of carboxylic acids is 2. The second-order valence-corrected chi connectivity index (χ2v) is 2.61. The van der Waals surface area contributed by atoms with E-state index in [9.17, 15) is 9.59 Å². The Labute approximate surface area is 74.4 Å². The lowest BCUT2D eigenvalue weighted by molar-refractivity contribution is 0.0651. The molecule has 0 aliphatic rings. The molecule has 1 rings (SSSR count). The highest BCUT2D eigenvalue weighted by atomic mass is 16.4. The summed E-state index contributed by atoms with van der Waals surface area (Å²) in [6, 6.07) is 4.36. The Kier molecular flexibility index (Phi) is 2.32. The van der Waals surface area contributed by atoms with Gasteiger partial charge in [0.1, 0.15) is 0 Å². The number of rotatable bonds is 2. The fourth-order valence-corrected chi connectivity index (χ4v) is 1.13. The van der Waals surface area contributed by atoms with Crippen LogP contribution in [0.3, 0.4) is 0 Å². The van der Waals surface area contributed by atoms with E-state index < -0.39 is 11.9 Å². The summed E-state index contributed by atoms with van der Waals surface area (Å²) in [5.74, 6) is -2.43. The summed E-state index contributed by atoms with van der Waals surface area (Å²) < 4.78 is 0. The van der Waals surface area contributed by atoms with Gasteiger partial charge in [0, 0.05) is 0 Å². The fourth-order valence-electron chi connectivity index (χ4n) is 1.13. The van der Waals surface area contributed by atoms with Gasteiger partial charge < -0.3 is 10.2 Å². The molecule has 13 heavy (non-hydrogen) atoms. The summed E-state index contributed by atoms with van der Waals surface area (Å²) >= 11 is 0. The van der Waals surface area contributed by atoms with Gasteiger partial charge in [-0.1, -0.05) is 12.1 Å². The Balaban J connectivity index is 3.43. The van der Waals surface area contributed by atoms with Crippen molar-refractivity contribution >= 4 is 11.9 Å². The third-order valence-corrected chi connectivity index (χ3v) is 1.72. The highest BCUT2D eigenvalue weighted by Crippen LogP contribution is 2.13. The zero-order valence-electron chi connectivity index (χ0n) is 6.94. The maximum absolute atomic E-state index is 10.7. The van der Waals surface area contributed by atoms with Gasteiger partial charge in [-0.3, -0.25) is 0 Å². The molecule has 68 valence electrons. The van der Waals surface area contributed by atoms with Crippen molar-refractivity contribution in [2.75, 3.05) is 0 Å². The van der Waals surface area contributed by atoms with Crippen LogP contribution in [0.1, 0.15) is 26.3 Å². The summed E-state index contributed by atoms with van der Waals surface area (Å²) in [7, 11) is 0. The van der Waals surface area contributed by atoms with Crippen molar-refractivity contribution in [2.45, 2.75) is 6.92 Å². The van der Waals surface area contributed by atoms with Gasteiger partial charge in [-0.2, -0.15) is 0 Å². The van der Waals surface area contributed by atoms with Crippen LogP contribution in [0.5, 0.6) is 0 Å². The van der Waals surface area contributed by atoms with Gasteiger partial charge in [-0.05, 0) is 18.6 Å². The third-order valence-electron chi connectivity index (χ3n) is 1.72. The minimum atomic E-state index is -1.22. The number of benzene rings is 1. The minimum Gasteiger partial charge on any atom is -0.478 e. The number of hydrogen-bond acceptors (Lipinski definition) is 2. The van der Waals surface area contributed by atoms with Gasteiger partial charge in [0.25, 0.3) is 0 Å². The van der Waals surface area contributed by atoms with Gasteiger partial charge in [0.15, 0.2) is 0 Å². The number of aromatic carboxylic acids is 2. The van der Waals surface area contributed by atoms with Crippen LogP contribution in [-0.4, -0.2) is 22.2 Å². The number of aryl methyl sites for hydroxylation is 1. The molecular weight excluding hydrogens is 172 g/mol. The molecule has 1 aromatic rings. The molecule has 0 saturated heterocycles. The quantitative estimate of drug-likeness (QED) is 0.721. The van der Waals surface area contributed by atoms with Crippen LogP contribution < -0.4 is 0 Å². The second-order valence-electron chi connectivity index (χ2n) is 2.61. The van der Waals surface area contributed by atoms with Crippen LogP contribution in [0.2, 0.25) is 0 Å². The molecule has 0 aliphatic carbocycles. The van der Waals surface area contributed by atoms with E-state index in [-0.39, 0.29) is 11.1 Å². The van der Waals surface area contributed by atoms with Crippen LogP contribution in [-0.2, 0) is 0 Å². The lowest BCUT2D eigenvalue weighted by Gasteiger charge is -2.03. The number of carboxylic acid groups (broad SMARTS) is 2. The molecule has 0 bridgehead atoms. The van der Waals surface area contributed by atoms with E-state index in [1.165, 1.54) is 12.1 Å². The first kappa shape index (κ1) is 9.25. The molecule has 4 heteroatoms. The topological polar surface area (TPSA) is 74.6 Å².